The number of hydrogen-bond donors (Lipinski definition) is 2. The first kappa shape index (κ1) is 28.2. The Morgan fingerprint density at radius 1 is 1.32 bits per heavy atom. The van der Waals surface area contributed by atoms with Crippen molar-refractivity contribution in [2.75, 3.05) is 18.8 Å². The number of aromatic nitrogens is 2. The maximum Gasteiger partial charge on any atom is 0.258 e. The molecular weight excluding hydrogens is 490 g/mol. The van der Waals surface area contributed by atoms with Crippen LogP contribution in [0.2, 0.25) is 0 Å². The lowest BCUT2D eigenvalue weighted by molar-refractivity contribution is -0.127. The molecule has 1 fully saturated rings. The van der Waals surface area contributed by atoms with Crippen LogP contribution in [0.3, 0.4) is 0 Å². The molecule has 2 aromatic carbocycles. The van der Waals surface area contributed by atoms with Crippen LogP contribution >= 0.6 is 11.9 Å². The third-order valence-corrected chi connectivity index (χ3v) is 6.06. The highest BCUT2D eigenvalue weighted by Crippen LogP contribution is 2.32. The minimum absolute atomic E-state index is 0.00290. The molecule has 2 heterocycles. The topological polar surface area (TPSA) is 138 Å². The molecule has 0 spiro atoms. The summed E-state index contributed by atoms with van der Waals surface area (Å²) in [5.41, 5.74) is 4.89. The zero-order valence-electron chi connectivity index (χ0n) is 21.4. The lowest BCUT2D eigenvalue weighted by Crippen LogP contribution is -2.49. The second-order valence-corrected chi connectivity index (χ2v) is 9.79. The monoisotopic (exact) mass is 523 g/mol. The number of carbonyl (C=O) groups excluding carboxylic acids is 1. The zero-order valence-corrected chi connectivity index (χ0v) is 22.2. The number of fused-ring (bicyclic) bond motifs is 1. The van der Waals surface area contributed by atoms with E-state index < -0.39 is 0 Å². The average molecular weight is 524 g/mol. The number of aliphatic hydroxyl groups is 1. The van der Waals surface area contributed by atoms with Crippen molar-refractivity contribution in [2.45, 2.75) is 52.2 Å². The van der Waals surface area contributed by atoms with Crippen LogP contribution < -0.4 is 9.88 Å². The molecular formula is C27H33N5O4S. The maximum atomic E-state index is 9.75. The summed E-state index contributed by atoms with van der Waals surface area (Å²) in [6.45, 7) is 6.91. The smallest absolute Gasteiger partial charge is 0.258 e. The maximum absolute atomic E-state index is 9.75. The van der Waals surface area contributed by atoms with Gasteiger partial charge in [0.1, 0.15) is 11.8 Å². The van der Waals surface area contributed by atoms with E-state index >= 15 is 0 Å². The first-order valence-electron chi connectivity index (χ1n) is 12.2. The minimum atomic E-state index is -0.259. The molecule has 0 radical (unpaired) electrons. The molecule has 3 aromatic rings. The van der Waals surface area contributed by atoms with E-state index in [-0.39, 0.29) is 12.2 Å². The predicted octanol–water partition coefficient (Wildman–Crippen LogP) is 3.98. The Morgan fingerprint density at radius 2 is 2.08 bits per heavy atom. The molecule has 37 heavy (non-hydrogen) atoms. The summed E-state index contributed by atoms with van der Waals surface area (Å²) in [5, 5.41) is 27.1. The second kappa shape index (κ2) is 13.8. The third-order valence-electron chi connectivity index (χ3n) is 5.73. The molecule has 0 unspecified atom stereocenters. The van der Waals surface area contributed by atoms with Gasteiger partial charge in [-0.15, -0.1) is 0 Å². The van der Waals surface area contributed by atoms with Crippen molar-refractivity contribution in [1.82, 2.24) is 15.0 Å². The van der Waals surface area contributed by atoms with E-state index in [0.717, 1.165) is 30.6 Å². The number of hydrogen-bond acceptors (Lipinski definition) is 9. The summed E-state index contributed by atoms with van der Waals surface area (Å²) in [6.07, 6.45) is 3.81. The zero-order chi connectivity index (χ0) is 26.8. The number of aryl methyl sites for hydroxylation is 1. The Bertz CT molecular complexity index is 1220. The standard InChI is InChI=1S/C21H19N3O2.C4H7NO2.C2H7NS/c1-13(2)25-19-10-9-15(11-16(19)12-22)21-23-20(24-26-21)18-8-4-6-14-5-3-7-17(14)18;6-3-5-1-4(7)2-5;1-2-4-3/h4,6,8-11,13H,3,5,7H2,1-2H3;3-4,7H,1-2H2;2-3H2,1H3. The molecule has 3 N–H and O–H groups in total. The van der Waals surface area contributed by atoms with E-state index in [0.29, 0.717) is 41.7 Å². The number of aliphatic hydroxyl groups excluding tert-OH is 1. The highest BCUT2D eigenvalue weighted by molar-refractivity contribution is 7.97. The van der Waals surface area contributed by atoms with Crippen LogP contribution in [0.15, 0.2) is 40.9 Å². The molecule has 1 aromatic heterocycles. The first-order chi connectivity index (χ1) is 17.9. The van der Waals surface area contributed by atoms with Gasteiger partial charge in [0.25, 0.3) is 5.89 Å². The van der Waals surface area contributed by atoms with Crippen molar-refractivity contribution in [3.63, 3.8) is 0 Å². The van der Waals surface area contributed by atoms with E-state index in [4.69, 9.17) is 19.5 Å². The Hall–Kier alpha value is -3.39. The van der Waals surface area contributed by atoms with E-state index in [1.165, 1.54) is 34.4 Å². The molecule has 1 amide bonds. The predicted molar refractivity (Wildman–Crippen MR) is 144 cm³/mol. The summed E-state index contributed by atoms with van der Waals surface area (Å²) >= 11 is 1.36. The highest BCUT2D eigenvalue weighted by atomic mass is 32.2. The van der Waals surface area contributed by atoms with Gasteiger partial charge >= 0.3 is 0 Å². The Kier molecular flexibility index (Phi) is 10.5. The van der Waals surface area contributed by atoms with E-state index in [1.54, 1.807) is 12.1 Å². The van der Waals surface area contributed by atoms with Gasteiger partial charge in [-0.1, -0.05) is 42.2 Å². The van der Waals surface area contributed by atoms with Crippen molar-refractivity contribution in [1.29, 1.82) is 5.26 Å². The average Bonchev–Trinajstić information content (AvgIpc) is 3.57. The molecule has 10 heteroatoms. The third kappa shape index (κ3) is 7.55. The van der Waals surface area contributed by atoms with Crippen molar-refractivity contribution in [3.8, 4) is 34.7 Å². The normalized spacial score (nSPS) is 13.9. The fourth-order valence-corrected chi connectivity index (χ4v) is 3.96. The van der Waals surface area contributed by atoms with Gasteiger partial charge in [-0.3, -0.25) is 9.93 Å². The molecule has 5 rings (SSSR count). The van der Waals surface area contributed by atoms with Crippen LogP contribution in [0, 0.1) is 11.3 Å². The number of likely N-dealkylation sites (tertiary alicyclic amines) is 1. The number of carbonyl (C=O) groups is 1. The number of amides is 1. The molecule has 0 saturated carbocycles. The van der Waals surface area contributed by atoms with Crippen LogP contribution in [0.1, 0.15) is 43.9 Å². The summed E-state index contributed by atoms with van der Waals surface area (Å²) in [5.74, 6) is 2.58. The van der Waals surface area contributed by atoms with Crippen molar-refractivity contribution in [2.24, 2.45) is 5.14 Å². The van der Waals surface area contributed by atoms with Crippen LogP contribution in [0.4, 0.5) is 0 Å². The number of nitrogens with zero attached hydrogens (tertiary/aromatic N) is 4. The number of ether oxygens (including phenoxy) is 1. The molecule has 1 aliphatic heterocycles. The van der Waals surface area contributed by atoms with Gasteiger partial charge in [0.2, 0.25) is 12.2 Å². The fourth-order valence-electron chi connectivity index (χ4n) is 3.96. The van der Waals surface area contributed by atoms with Gasteiger partial charge in [0.15, 0.2) is 0 Å². The van der Waals surface area contributed by atoms with Gasteiger partial charge in [-0.2, -0.15) is 10.2 Å². The van der Waals surface area contributed by atoms with Gasteiger partial charge in [0, 0.05) is 30.0 Å². The lowest BCUT2D eigenvalue weighted by atomic mass is 10.0. The second-order valence-electron chi connectivity index (χ2n) is 8.88. The molecule has 0 atom stereocenters. The SMILES string of the molecule is CC(C)Oc1ccc(-c2nc(-c3cccc4c3CCC4)no2)cc1C#N.CCSN.O=CN1CC(O)C1. The van der Waals surface area contributed by atoms with E-state index in [2.05, 4.69) is 22.3 Å². The van der Waals surface area contributed by atoms with E-state index in [9.17, 15) is 10.1 Å². The number of rotatable bonds is 6. The first-order valence-corrected chi connectivity index (χ1v) is 13.3. The summed E-state index contributed by atoms with van der Waals surface area (Å²) in [4.78, 5) is 15.8. The molecule has 1 saturated heterocycles. The van der Waals surface area contributed by atoms with Crippen molar-refractivity contribution in [3.05, 3.63) is 53.1 Å². The summed E-state index contributed by atoms with van der Waals surface area (Å²) in [6, 6.07) is 13.8. The van der Waals surface area contributed by atoms with Crippen LogP contribution in [-0.4, -0.2) is 57.6 Å². The molecule has 9 nitrogen and oxygen atoms in total. The number of β-amino-alcohol motifs (C(OH)–C–C–N with tert-alkyl or cyclic N) is 1. The fraction of sp³-hybridized carbons (Fsp3) is 0.407. The summed E-state index contributed by atoms with van der Waals surface area (Å²) < 4.78 is 11.1. The van der Waals surface area contributed by atoms with Crippen LogP contribution in [-0.2, 0) is 17.6 Å². The largest absolute Gasteiger partial charge is 0.490 e. The van der Waals surface area contributed by atoms with E-state index in [1.807, 2.05) is 39.0 Å². The molecule has 196 valence electrons. The van der Waals surface area contributed by atoms with Crippen molar-refractivity contribution >= 4 is 18.4 Å². The van der Waals surface area contributed by atoms with Gasteiger partial charge < -0.3 is 19.3 Å². The number of benzene rings is 2. The Labute approximate surface area is 221 Å². The van der Waals surface area contributed by atoms with Crippen LogP contribution in [0.25, 0.3) is 22.8 Å². The highest BCUT2D eigenvalue weighted by Gasteiger charge is 2.22. The Morgan fingerprint density at radius 3 is 2.68 bits per heavy atom. The van der Waals surface area contributed by atoms with Gasteiger partial charge in [0.05, 0.1) is 17.8 Å². The Balaban J connectivity index is 0.000000289. The summed E-state index contributed by atoms with van der Waals surface area (Å²) in [7, 11) is 0. The number of nitrogens with two attached hydrogens (primary N) is 1. The van der Waals surface area contributed by atoms with Crippen LogP contribution in [0.5, 0.6) is 5.75 Å². The number of nitriles is 1. The lowest BCUT2D eigenvalue weighted by Gasteiger charge is -2.31. The molecule has 0 bridgehead atoms. The minimum Gasteiger partial charge on any atom is -0.490 e. The molecule has 1 aliphatic carbocycles. The van der Waals surface area contributed by atoms with Gasteiger partial charge in [-0.05, 0) is 62.4 Å². The molecule has 2 aliphatic rings. The van der Waals surface area contributed by atoms with Crippen molar-refractivity contribution < 1.29 is 19.2 Å². The quantitative estimate of drug-likeness (QED) is 0.363. The van der Waals surface area contributed by atoms with Gasteiger partial charge in [-0.25, -0.2) is 0 Å².